The number of hydrogen-bond donors (Lipinski definition) is 1. The number of nitrogens with zero attached hydrogens (tertiary/aromatic N) is 1. The normalized spacial score (nSPS) is 21.9. The Morgan fingerprint density at radius 1 is 1.25 bits per heavy atom. The average Bonchev–Trinajstić information content (AvgIpc) is 2.80. The van der Waals surface area contributed by atoms with Crippen molar-refractivity contribution in [2.75, 3.05) is 32.8 Å². The Morgan fingerprint density at radius 2 is 1.93 bits per heavy atom. The molecule has 2 heterocycles. The quantitative estimate of drug-likeness (QED) is 0.564. The van der Waals surface area contributed by atoms with Crippen LogP contribution in [0.4, 0.5) is 4.39 Å². The Hall–Kier alpha value is -1.22. The summed E-state index contributed by atoms with van der Waals surface area (Å²) in [6.07, 6.45) is 0.714. The summed E-state index contributed by atoms with van der Waals surface area (Å²) in [5, 5.41) is 2.99. The summed E-state index contributed by atoms with van der Waals surface area (Å²) in [5.41, 5.74) is 5.69. The first-order valence-corrected chi connectivity index (χ1v) is 12.1. The molecule has 3 rings (SSSR count). The molecule has 148 valence electrons. The number of amides is 1. The summed E-state index contributed by atoms with van der Waals surface area (Å²) in [7, 11) is 0. The van der Waals surface area contributed by atoms with E-state index in [2.05, 4.69) is 30.1 Å². The van der Waals surface area contributed by atoms with Crippen LogP contribution >= 0.6 is 0 Å². The van der Waals surface area contributed by atoms with Crippen LogP contribution in [0.25, 0.3) is 0 Å². The number of rotatable bonds is 3. The summed E-state index contributed by atoms with van der Waals surface area (Å²) in [5.74, 6) is -0.286. The van der Waals surface area contributed by atoms with Crippen molar-refractivity contribution in [3.63, 3.8) is 0 Å². The zero-order valence-electron chi connectivity index (χ0n) is 17.2. The first-order chi connectivity index (χ1) is 13.3. The van der Waals surface area contributed by atoms with Gasteiger partial charge in [0, 0.05) is 0 Å². The van der Waals surface area contributed by atoms with Gasteiger partial charge in [0.25, 0.3) is 0 Å². The molecule has 0 spiro atoms. The molecular weight excluding hydrogens is 548 g/mol. The van der Waals surface area contributed by atoms with Crippen LogP contribution in [0.3, 0.4) is 0 Å². The molecule has 1 unspecified atom stereocenters. The van der Waals surface area contributed by atoms with Crippen molar-refractivity contribution in [3.8, 4) is 0 Å². The molecule has 4 nitrogen and oxygen atoms in total. The van der Waals surface area contributed by atoms with Crippen LogP contribution in [0.2, 0.25) is 0 Å². The minimum absolute atomic E-state index is 0.0449. The second-order valence-electron chi connectivity index (χ2n) is 7.70. The fraction of sp³-hybridized carbons (Fsp3) is 0.500. The average molecular weight is 576 g/mol. The maximum absolute atomic E-state index is 15.1. The molecule has 1 fully saturated rings. The Balaban J connectivity index is 2.15. The summed E-state index contributed by atoms with van der Waals surface area (Å²) >= 11 is 0.535. The van der Waals surface area contributed by atoms with Gasteiger partial charge in [0.1, 0.15) is 0 Å². The van der Waals surface area contributed by atoms with Gasteiger partial charge in [-0.25, -0.2) is 0 Å². The third-order valence-electron chi connectivity index (χ3n) is 5.90. The molecule has 2 aliphatic rings. The molecule has 1 aromatic carbocycles. The SMILES string of the molecule is CC1=C(/C(C)=C(\C)N2CCOCC2)C(c2c(F)cc(C)c[c]2[Tl])CCNC1=O. The van der Waals surface area contributed by atoms with E-state index in [9.17, 15) is 4.79 Å². The summed E-state index contributed by atoms with van der Waals surface area (Å²) < 4.78 is 21.7. The summed E-state index contributed by atoms with van der Waals surface area (Å²) in [6, 6.07) is 3.73. The Bertz CT molecular complexity index is 818. The van der Waals surface area contributed by atoms with Crippen molar-refractivity contribution in [1.82, 2.24) is 10.2 Å². The van der Waals surface area contributed by atoms with Crippen molar-refractivity contribution in [2.45, 2.75) is 40.0 Å². The van der Waals surface area contributed by atoms with Gasteiger partial charge in [-0.2, -0.15) is 0 Å². The molecule has 1 saturated heterocycles. The maximum atomic E-state index is 15.1. The third kappa shape index (κ3) is 4.35. The number of nitrogens with one attached hydrogen (secondary N) is 1. The van der Waals surface area contributed by atoms with E-state index >= 15 is 4.39 Å². The number of ether oxygens (including phenoxy) is 1. The van der Waals surface area contributed by atoms with Crippen LogP contribution in [0.1, 0.15) is 44.2 Å². The van der Waals surface area contributed by atoms with Gasteiger partial charge < -0.3 is 0 Å². The van der Waals surface area contributed by atoms with E-state index in [0.29, 0.717) is 57.5 Å². The van der Waals surface area contributed by atoms with Gasteiger partial charge in [0.05, 0.1) is 0 Å². The van der Waals surface area contributed by atoms with Crippen LogP contribution < -0.4 is 8.44 Å². The minimum atomic E-state index is -0.140. The number of benzene rings is 1. The van der Waals surface area contributed by atoms with E-state index in [4.69, 9.17) is 4.74 Å². The summed E-state index contributed by atoms with van der Waals surface area (Å²) in [4.78, 5) is 14.9. The Morgan fingerprint density at radius 3 is 2.57 bits per heavy atom. The Kier molecular flexibility index (Phi) is 6.96. The fourth-order valence-electron chi connectivity index (χ4n) is 4.30. The molecule has 1 amide bonds. The number of allylic oxidation sites excluding steroid dienone is 3. The van der Waals surface area contributed by atoms with Gasteiger partial charge in [0.15, 0.2) is 0 Å². The van der Waals surface area contributed by atoms with E-state index in [1.807, 2.05) is 13.8 Å². The molecule has 28 heavy (non-hydrogen) atoms. The molecular formula is C22H28FN2O2Tl. The third-order valence-corrected chi connectivity index (χ3v) is 7.76. The van der Waals surface area contributed by atoms with Crippen LogP contribution in [0, 0.1) is 12.7 Å². The summed E-state index contributed by atoms with van der Waals surface area (Å²) in [6.45, 7) is 11.7. The van der Waals surface area contributed by atoms with Crippen LogP contribution in [0.5, 0.6) is 0 Å². The molecule has 0 aliphatic carbocycles. The molecule has 6 heteroatoms. The predicted molar refractivity (Wildman–Crippen MR) is 110 cm³/mol. The predicted octanol–water partition coefficient (Wildman–Crippen LogP) is 2.47. The van der Waals surface area contributed by atoms with Gasteiger partial charge >= 0.3 is 183 Å². The van der Waals surface area contributed by atoms with Crippen LogP contribution in [-0.2, 0) is 9.53 Å². The fourth-order valence-corrected chi connectivity index (χ4v) is 6.64. The van der Waals surface area contributed by atoms with Gasteiger partial charge in [-0.3, -0.25) is 0 Å². The topological polar surface area (TPSA) is 41.6 Å². The number of carbonyl (C=O) groups excluding carboxylic acids is 1. The molecule has 0 aromatic heterocycles. The first kappa shape index (κ1) is 21.5. The molecule has 0 saturated carbocycles. The molecule has 1 N–H and O–H groups in total. The number of hydrogen-bond acceptors (Lipinski definition) is 3. The van der Waals surface area contributed by atoms with E-state index in [-0.39, 0.29) is 17.6 Å². The monoisotopic (exact) mass is 576 g/mol. The van der Waals surface area contributed by atoms with E-state index in [0.717, 1.165) is 44.2 Å². The Labute approximate surface area is 182 Å². The number of carbonyl (C=O) groups is 1. The molecule has 1 aromatic rings. The number of halogens is 1. The van der Waals surface area contributed by atoms with E-state index in [1.54, 1.807) is 6.07 Å². The van der Waals surface area contributed by atoms with Gasteiger partial charge in [-0.1, -0.05) is 0 Å². The second kappa shape index (κ2) is 9.07. The van der Waals surface area contributed by atoms with Crippen LogP contribution in [0.15, 0.2) is 34.5 Å². The zero-order valence-corrected chi connectivity index (χ0v) is 21.7. The van der Waals surface area contributed by atoms with Crippen molar-refractivity contribution in [2.24, 2.45) is 0 Å². The van der Waals surface area contributed by atoms with Gasteiger partial charge in [-0.15, -0.1) is 0 Å². The first-order valence-electron chi connectivity index (χ1n) is 9.86. The van der Waals surface area contributed by atoms with Crippen molar-refractivity contribution in [1.29, 1.82) is 0 Å². The van der Waals surface area contributed by atoms with Gasteiger partial charge in [-0.05, 0) is 0 Å². The van der Waals surface area contributed by atoms with Crippen LogP contribution in [-0.4, -0.2) is 69.4 Å². The molecule has 0 radical (unpaired) electrons. The van der Waals surface area contributed by atoms with Gasteiger partial charge in [0.2, 0.25) is 0 Å². The van der Waals surface area contributed by atoms with Crippen molar-refractivity contribution < 1.29 is 13.9 Å². The van der Waals surface area contributed by atoms with Crippen molar-refractivity contribution >= 4 is 34.8 Å². The number of aryl methyl sites for hydroxylation is 1. The standard InChI is InChI=1S/C22H28FN2O2.Tl/c1-14-5-6-18(20(23)13-14)19-7-8-24-22(26)16(3)21(19)15(2)17(4)25-9-11-27-12-10-25;/h5,13,19H,7-12H2,1-4H3,(H,24,26);/b17-15+;. The van der Waals surface area contributed by atoms with E-state index < -0.39 is 0 Å². The second-order valence-corrected chi connectivity index (χ2v) is 10.1. The zero-order chi connectivity index (χ0) is 20.4. The molecule has 1 atom stereocenters. The van der Waals surface area contributed by atoms with E-state index in [1.165, 1.54) is 0 Å². The molecule has 0 bridgehead atoms. The molecule has 2 aliphatic heterocycles. The van der Waals surface area contributed by atoms with Crippen molar-refractivity contribution in [3.05, 3.63) is 51.5 Å². The number of morpholine rings is 1.